The van der Waals surface area contributed by atoms with E-state index in [1.807, 2.05) is 29.2 Å². The Morgan fingerprint density at radius 2 is 1.93 bits per heavy atom. The van der Waals surface area contributed by atoms with E-state index in [2.05, 4.69) is 24.3 Å². The summed E-state index contributed by atoms with van der Waals surface area (Å²) in [6.45, 7) is 2.10. The van der Waals surface area contributed by atoms with Crippen LogP contribution in [0, 0.1) is 0 Å². The molecule has 3 N–H and O–H groups in total. The fourth-order valence-electron chi connectivity index (χ4n) is 3.42. The van der Waals surface area contributed by atoms with Gasteiger partial charge in [-0.2, -0.15) is 0 Å². The molecular weight excluding hydrogens is 419 g/mol. The molecule has 2 aromatic carbocycles. The van der Waals surface area contributed by atoms with Crippen molar-refractivity contribution in [3.8, 4) is 0 Å². The number of hydrogen-bond donors (Lipinski definition) is 2. The zero-order valence-electron chi connectivity index (χ0n) is 15.3. The summed E-state index contributed by atoms with van der Waals surface area (Å²) >= 11 is 0. The molecule has 0 saturated carbocycles. The smallest absolute Gasteiger partial charge is 0.326 e. The molecule has 1 aliphatic rings. The Morgan fingerprint density at radius 3 is 2.63 bits per heavy atom. The third kappa shape index (κ3) is 5.90. The number of nitrogens with two attached hydrogens (primary N) is 1. The van der Waals surface area contributed by atoms with Crippen LogP contribution in [0.25, 0.3) is 6.08 Å². The fourth-order valence-corrected chi connectivity index (χ4v) is 3.42. The average molecular weight is 443 g/mol. The van der Waals surface area contributed by atoms with Crippen molar-refractivity contribution in [1.29, 1.82) is 0 Å². The van der Waals surface area contributed by atoms with Crippen molar-refractivity contribution >= 4 is 24.9 Å². The van der Waals surface area contributed by atoms with Crippen LogP contribution in [0.4, 0.5) is 0 Å². The number of carbonyl (C=O) groups excluding carboxylic acids is 1. The van der Waals surface area contributed by atoms with Crippen molar-refractivity contribution in [2.45, 2.75) is 25.3 Å². The molecule has 0 bridgehead atoms. The quantitative estimate of drug-likeness (QED) is 0.548. The summed E-state index contributed by atoms with van der Waals surface area (Å²) in [7, 11) is 1.06. The van der Waals surface area contributed by atoms with Crippen LogP contribution < -0.4 is 11.2 Å². The van der Waals surface area contributed by atoms with Crippen LogP contribution in [0.2, 0.25) is 0 Å². The molecule has 2 aromatic rings. The van der Waals surface area contributed by atoms with E-state index in [0.29, 0.717) is 12.5 Å². The summed E-state index contributed by atoms with van der Waals surface area (Å²) in [4.78, 5) is 14.3. The van der Waals surface area contributed by atoms with E-state index in [9.17, 15) is 4.79 Å². The van der Waals surface area contributed by atoms with Crippen molar-refractivity contribution in [3.05, 3.63) is 71.3 Å². The van der Waals surface area contributed by atoms with Crippen LogP contribution in [-0.4, -0.2) is 36.4 Å². The normalized spacial score (nSPS) is 14.8. The molecule has 0 aliphatic carbocycles. The molecule has 0 unspecified atom stereocenters. The average Bonchev–Trinajstić information content (AvgIpc) is 2.72. The summed E-state index contributed by atoms with van der Waals surface area (Å²) in [6, 6.07) is 15.9. The SMILES string of the molecule is NCc1cccc(C2CCN(C(=O)/C=C/c3cccc([B]O)c3)CC2)c1.[Mo]. The zero-order chi connectivity index (χ0) is 18.4. The van der Waals surface area contributed by atoms with Gasteiger partial charge >= 0.3 is 7.48 Å². The fraction of sp³-hybridized carbons (Fsp3) is 0.286. The Hall–Kier alpha value is -1.68. The molecule has 0 aromatic heterocycles. The summed E-state index contributed by atoms with van der Waals surface area (Å²) in [6.07, 6.45) is 5.36. The van der Waals surface area contributed by atoms with E-state index in [1.54, 1.807) is 12.2 Å². The van der Waals surface area contributed by atoms with Gasteiger partial charge in [0.25, 0.3) is 0 Å². The number of rotatable bonds is 5. The van der Waals surface area contributed by atoms with Crippen LogP contribution in [0.5, 0.6) is 0 Å². The summed E-state index contributed by atoms with van der Waals surface area (Å²) < 4.78 is 0. The van der Waals surface area contributed by atoms with Gasteiger partial charge in [-0.1, -0.05) is 54.0 Å². The van der Waals surface area contributed by atoms with E-state index >= 15 is 0 Å². The number of amides is 1. The van der Waals surface area contributed by atoms with Gasteiger partial charge in [0.15, 0.2) is 0 Å². The molecule has 1 amide bonds. The van der Waals surface area contributed by atoms with Gasteiger partial charge in [-0.25, -0.2) is 0 Å². The van der Waals surface area contributed by atoms with Gasteiger partial charge in [0, 0.05) is 46.8 Å². The summed E-state index contributed by atoms with van der Waals surface area (Å²) in [5.41, 5.74) is 9.84. The first kappa shape index (κ1) is 21.6. The summed E-state index contributed by atoms with van der Waals surface area (Å²) in [5.74, 6) is 0.531. The van der Waals surface area contributed by atoms with Crippen molar-refractivity contribution in [2.24, 2.45) is 5.73 Å². The van der Waals surface area contributed by atoms with Crippen molar-refractivity contribution in [3.63, 3.8) is 0 Å². The maximum absolute atomic E-state index is 12.4. The van der Waals surface area contributed by atoms with Crippen molar-refractivity contribution in [2.75, 3.05) is 13.1 Å². The van der Waals surface area contributed by atoms with E-state index < -0.39 is 0 Å². The topological polar surface area (TPSA) is 66.6 Å². The summed E-state index contributed by atoms with van der Waals surface area (Å²) in [5, 5.41) is 9.06. The van der Waals surface area contributed by atoms with E-state index in [-0.39, 0.29) is 27.0 Å². The van der Waals surface area contributed by atoms with Crippen LogP contribution in [0.15, 0.2) is 54.6 Å². The second-order valence-corrected chi connectivity index (χ2v) is 6.68. The van der Waals surface area contributed by atoms with Gasteiger partial charge in [0.05, 0.1) is 0 Å². The minimum absolute atomic E-state index is 0. The Morgan fingerprint density at radius 1 is 1.19 bits per heavy atom. The molecule has 6 heteroatoms. The number of likely N-dealkylation sites (tertiary alicyclic amines) is 1. The first-order valence-electron chi connectivity index (χ1n) is 9.03. The second-order valence-electron chi connectivity index (χ2n) is 6.68. The monoisotopic (exact) mass is 445 g/mol. The minimum atomic E-state index is 0. The van der Waals surface area contributed by atoms with Gasteiger partial charge < -0.3 is 15.7 Å². The zero-order valence-corrected chi connectivity index (χ0v) is 17.3. The predicted molar refractivity (Wildman–Crippen MR) is 106 cm³/mol. The van der Waals surface area contributed by atoms with Crippen LogP contribution in [-0.2, 0) is 32.4 Å². The number of carbonyl (C=O) groups is 1. The Bertz CT molecular complexity index is 789. The molecule has 1 radical (unpaired) electrons. The molecular formula is C21H24BMoN2O2. The molecule has 1 saturated heterocycles. The number of hydrogen-bond acceptors (Lipinski definition) is 3. The Kier molecular flexibility index (Phi) is 8.49. The van der Waals surface area contributed by atoms with Gasteiger partial charge in [-0.05, 0) is 41.5 Å². The molecule has 0 atom stereocenters. The van der Waals surface area contributed by atoms with Gasteiger partial charge in [0.2, 0.25) is 5.91 Å². The third-order valence-electron chi connectivity index (χ3n) is 4.94. The third-order valence-corrected chi connectivity index (χ3v) is 4.94. The van der Waals surface area contributed by atoms with E-state index in [4.69, 9.17) is 10.8 Å². The van der Waals surface area contributed by atoms with Gasteiger partial charge in [-0.3, -0.25) is 4.79 Å². The van der Waals surface area contributed by atoms with E-state index in [0.717, 1.165) is 50.0 Å². The maximum atomic E-state index is 12.4. The largest absolute Gasteiger partial charge is 0.450 e. The number of nitrogens with zero attached hydrogens (tertiary/aromatic N) is 1. The number of benzene rings is 2. The number of piperidine rings is 1. The second kappa shape index (κ2) is 10.6. The maximum Gasteiger partial charge on any atom is 0.326 e. The van der Waals surface area contributed by atoms with Crippen LogP contribution >= 0.6 is 0 Å². The van der Waals surface area contributed by atoms with Crippen LogP contribution in [0.1, 0.15) is 35.4 Å². The molecule has 3 rings (SSSR count). The first-order chi connectivity index (χ1) is 12.7. The molecule has 4 nitrogen and oxygen atoms in total. The molecule has 27 heavy (non-hydrogen) atoms. The molecule has 1 heterocycles. The molecule has 1 aliphatic heterocycles. The minimum Gasteiger partial charge on any atom is -0.450 e. The predicted octanol–water partition coefficient (Wildman–Crippen LogP) is 1.80. The van der Waals surface area contributed by atoms with Crippen molar-refractivity contribution in [1.82, 2.24) is 4.90 Å². The van der Waals surface area contributed by atoms with E-state index in [1.165, 1.54) is 5.56 Å². The Labute approximate surface area is 176 Å². The molecule has 1 fully saturated rings. The molecule has 139 valence electrons. The van der Waals surface area contributed by atoms with Gasteiger partial charge in [-0.15, -0.1) is 0 Å². The van der Waals surface area contributed by atoms with Gasteiger partial charge in [0.1, 0.15) is 0 Å². The van der Waals surface area contributed by atoms with Crippen LogP contribution in [0.3, 0.4) is 0 Å². The Balaban J connectivity index is 0.00000261. The molecule has 0 spiro atoms. The standard InChI is InChI=1S/C21H24BN2O2.Mo/c23-15-17-4-1-5-19(13-17)18-9-11-24(12-10-18)21(25)8-7-16-3-2-6-20(14-16)22-26;/h1-8,13-14,18,26H,9-12,15,23H2;/b8-7+;. The first-order valence-corrected chi connectivity index (χ1v) is 9.03. The van der Waals surface area contributed by atoms with Crippen molar-refractivity contribution < 1.29 is 30.9 Å².